The van der Waals surface area contributed by atoms with E-state index in [1.165, 1.54) is 0 Å². The number of ether oxygens (including phenoxy) is 1. The Morgan fingerprint density at radius 3 is 2.69 bits per heavy atom. The number of aryl methyl sites for hydroxylation is 1. The van der Waals surface area contributed by atoms with Crippen molar-refractivity contribution in [2.75, 3.05) is 39.4 Å². The van der Waals surface area contributed by atoms with Crippen molar-refractivity contribution < 1.29 is 9.84 Å². The molecule has 2 aliphatic rings. The van der Waals surface area contributed by atoms with Crippen LogP contribution in [0.4, 0.5) is 0 Å². The number of morpholine rings is 1. The Morgan fingerprint density at radius 2 is 1.94 bits per heavy atom. The Hall–Kier alpha value is -2.65. The van der Waals surface area contributed by atoms with Crippen molar-refractivity contribution in [2.45, 2.75) is 25.9 Å². The molecular weight excluding hydrogens is 482 g/mol. The van der Waals surface area contributed by atoms with Crippen molar-refractivity contribution in [3.63, 3.8) is 0 Å². The summed E-state index contributed by atoms with van der Waals surface area (Å²) in [7, 11) is 0. The Balaban J connectivity index is 1.55. The SMILES string of the molecule is Cc1cc([C@@H]2[C@H](c3ccccn3)NC(=S)N2CCN2CCOCC2)c(C)n1-c1cc(Cl)ccc1O. The minimum absolute atomic E-state index is 0.0419. The number of rotatable bonds is 6. The summed E-state index contributed by atoms with van der Waals surface area (Å²) in [5.41, 5.74) is 4.81. The molecule has 5 rings (SSSR count). The second kappa shape index (κ2) is 10.1. The first-order valence-corrected chi connectivity index (χ1v) is 12.7. The van der Waals surface area contributed by atoms with E-state index in [4.69, 9.17) is 28.6 Å². The standard InChI is InChI=1S/C26H30ClN5O2S/c1-17-15-20(18(2)32(17)22-16-19(27)6-7-23(22)33)25-24(21-5-3-4-8-28-21)29-26(35)31(25)10-9-30-11-13-34-14-12-30/h3-8,15-16,24-25,33H,9-14H2,1-2H3,(H,29,35)/t24-,25+/m0/s1. The van der Waals surface area contributed by atoms with Gasteiger partial charge in [0.05, 0.1) is 36.7 Å². The first-order chi connectivity index (χ1) is 16.9. The van der Waals surface area contributed by atoms with Gasteiger partial charge in [-0.25, -0.2) is 0 Å². The summed E-state index contributed by atoms with van der Waals surface area (Å²) in [5.74, 6) is 0.188. The van der Waals surface area contributed by atoms with Crippen molar-refractivity contribution in [1.29, 1.82) is 0 Å². The van der Waals surface area contributed by atoms with E-state index in [1.54, 1.807) is 18.2 Å². The second-order valence-electron chi connectivity index (χ2n) is 9.07. The number of nitrogens with zero attached hydrogens (tertiary/aromatic N) is 4. The fourth-order valence-electron chi connectivity index (χ4n) is 5.19. The summed E-state index contributed by atoms with van der Waals surface area (Å²) in [5, 5.41) is 15.5. The van der Waals surface area contributed by atoms with Gasteiger partial charge in [0.15, 0.2) is 5.11 Å². The Bertz CT molecular complexity index is 1210. The monoisotopic (exact) mass is 511 g/mol. The largest absolute Gasteiger partial charge is 0.506 e. The molecule has 7 nitrogen and oxygen atoms in total. The lowest BCUT2D eigenvalue weighted by Gasteiger charge is -2.32. The third-order valence-corrected chi connectivity index (χ3v) is 7.51. The van der Waals surface area contributed by atoms with E-state index in [0.29, 0.717) is 10.7 Å². The lowest BCUT2D eigenvalue weighted by Crippen LogP contribution is -2.42. The van der Waals surface area contributed by atoms with E-state index in [-0.39, 0.29) is 17.8 Å². The normalized spacial score (nSPS) is 20.9. The van der Waals surface area contributed by atoms with Crippen LogP contribution in [-0.4, -0.2) is 69.0 Å². The molecule has 184 valence electrons. The van der Waals surface area contributed by atoms with E-state index >= 15 is 0 Å². The average molecular weight is 512 g/mol. The van der Waals surface area contributed by atoms with Gasteiger partial charge >= 0.3 is 0 Å². The first-order valence-electron chi connectivity index (χ1n) is 11.9. The van der Waals surface area contributed by atoms with Gasteiger partial charge in [0.2, 0.25) is 0 Å². The maximum Gasteiger partial charge on any atom is 0.170 e. The molecule has 2 fully saturated rings. The summed E-state index contributed by atoms with van der Waals surface area (Å²) in [6, 6.07) is 13.2. The smallest absolute Gasteiger partial charge is 0.170 e. The summed E-state index contributed by atoms with van der Waals surface area (Å²) in [4.78, 5) is 9.37. The lowest BCUT2D eigenvalue weighted by atomic mass is 9.96. The van der Waals surface area contributed by atoms with Gasteiger partial charge in [-0.15, -0.1) is 0 Å². The molecule has 1 aromatic carbocycles. The number of phenols is 1. The van der Waals surface area contributed by atoms with Crippen molar-refractivity contribution in [1.82, 2.24) is 24.7 Å². The Morgan fingerprint density at radius 1 is 1.14 bits per heavy atom. The van der Waals surface area contributed by atoms with Crippen LogP contribution in [0.25, 0.3) is 5.69 Å². The van der Waals surface area contributed by atoms with Crippen LogP contribution in [0, 0.1) is 13.8 Å². The molecule has 2 atom stereocenters. The Kier molecular flexibility index (Phi) is 6.98. The van der Waals surface area contributed by atoms with Crippen LogP contribution in [0.2, 0.25) is 5.02 Å². The van der Waals surface area contributed by atoms with Crippen molar-refractivity contribution in [3.05, 3.63) is 76.3 Å². The number of aromatic hydroxyl groups is 1. The van der Waals surface area contributed by atoms with E-state index in [2.05, 4.69) is 37.7 Å². The number of aromatic nitrogens is 2. The molecule has 0 aliphatic carbocycles. The average Bonchev–Trinajstić information content (AvgIpc) is 3.35. The van der Waals surface area contributed by atoms with Crippen LogP contribution in [0.3, 0.4) is 0 Å². The molecule has 0 bridgehead atoms. The van der Waals surface area contributed by atoms with Crippen LogP contribution in [0.1, 0.15) is 34.7 Å². The van der Waals surface area contributed by atoms with Gasteiger partial charge < -0.3 is 24.6 Å². The van der Waals surface area contributed by atoms with Gasteiger partial charge in [-0.2, -0.15) is 0 Å². The molecule has 2 N–H and O–H groups in total. The third kappa shape index (κ3) is 4.76. The Labute approximate surface area is 216 Å². The van der Waals surface area contributed by atoms with Crippen LogP contribution in [0.15, 0.2) is 48.7 Å². The number of nitrogens with one attached hydrogen (secondary N) is 1. The summed E-state index contributed by atoms with van der Waals surface area (Å²) >= 11 is 12.1. The first kappa shape index (κ1) is 24.1. The van der Waals surface area contributed by atoms with Crippen LogP contribution in [-0.2, 0) is 4.74 Å². The minimum atomic E-state index is -0.0877. The van der Waals surface area contributed by atoms with Gasteiger partial charge in [-0.05, 0) is 68.0 Å². The quantitative estimate of drug-likeness (QED) is 0.482. The molecule has 4 heterocycles. The molecule has 0 radical (unpaired) electrons. The number of hydrogen-bond acceptors (Lipinski definition) is 5. The minimum Gasteiger partial charge on any atom is -0.506 e. The van der Waals surface area contributed by atoms with Gasteiger partial charge in [0.25, 0.3) is 0 Å². The molecule has 0 unspecified atom stereocenters. The van der Waals surface area contributed by atoms with E-state index in [0.717, 1.165) is 67.2 Å². The summed E-state index contributed by atoms with van der Waals surface area (Å²) in [6.07, 6.45) is 1.82. The van der Waals surface area contributed by atoms with E-state index < -0.39 is 0 Å². The summed E-state index contributed by atoms with van der Waals surface area (Å²) < 4.78 is 7.58. The van der Waals surface area contributed by atoms with E-state index in [1.807, 2.05) is 31.3 Å². The molecule has 35 heavy (non-hydrogen) atoms. The maximum absolute atomic E-state index is 10.6. The van der Waals surface area contributed by atoms with E-state index in [9.17, 15) is 5.11 Å². The topological polar surface area (TPSA) is 65.8 Å². The molecule has 2 aliphatic heterocycles. The van der Waals surface area contributed by atoms with Crippen LogP contribution < -0.4 is 5.32 Å². The second-order valence-corrected chi connectivity index (χ2v) is 9.89. The number of thiocarbonyl (C=S) groups is 1. The fourth-order valence-corrected chi connectivity index (χ4v) is 5.69. The predicted octanol–water partition coefficient (Wildman–Crippen LogP) is 4.15. The van der Waals surface area contributed by atoms with Gasteiger partial charge in [-0.3, -0.25) is 9.88 Å². The molecular formula is C26H30ClN5O2S. The zero-order valence-electron chi connectivity index (χ0n) is 19.9. The molecule has 0 spiro atoms. The number of pyridine rings is 1. The highest BCUT2D eigenvalue weighted by molar-refractivity contribution is 7.80. The zero-order chi connectivity index (χ0) is 24.5. The highest BCUT2D eigenvalue weighted by atomic mass is 35.5. The van der Waals surface area contributed by atoms with Gasteiger partial charge in [0, 0.05) is 48.8 Å². The number of halogens is 1. The third-order valence-electron chi connectivity index (χ3n) is 6.93. The number of phenolic OH excluding ortho intramolecular Hbond substituents is 1. The van der Waals surface area contributed by atoms with Crippen LogP contribution >= 0.6 is 23.8 Å². The maximum atomic E-state index is 10.6. The summed E-state index contributed by atoms with van der Waals surface area (Å²) in [6.45, 7) is 9.25. The predicted molar refractivity (Wildman–Crippen MR) is 141 cm³/mol. The highest BCUT2D eigenvalue weighted by Crippen LogP contribution is 2.42. The number of hydrogen-bond donors (Lipinski definition) is 2. The van der Waals surface area contributed by atoms with Crippen LogP contribution in [0.5, 0.6) is 5.75 Å². The molecule has 9 heteroatoms. The molecule has 3 aromatic rings. The fraction of sp³-hybridized carbons (Fsp3) is 0.385. The molecule has 2 aromatic heterocycles. The van der Waals surface area contributed by atoms with Crippen molar-refractivity contribution >= 4 is 28.9 Å². The van der Waals surface area contributed by atoms with Gasteiger partial charge in [0.1, 0.15) is 5.75 Å². The number of benzene rings is 1. The lowest BCUT2D eigenvalue weighted by molar-refractivity contribution is 0.0350. The molecule has 0 saturated carbocycles. The van der Waals surface area contributed by atoms with Crippen molar-refractivity contribution in [3.8, 4) is 11.4 Å². The highest BCUT2D eigenvalue weighted by Gasteiger charge is 2.41. The molecule has 0 amide bonds. The van der Waals surface area contributed by atoms with Gasteiger partial charge in [-0.1, -0.05) is 17.7 Å². The molecule has 2 saturated heterocycles. The van der Waals surface area contributed by atoms with Crippen molar-refractivity contribution in [2.24, 2.45) is 0 Å². The zero-order valence-corrected chi connectivity index (χ0v) is 21.5.